The van der Waals surface area contributed by atoms with E-state index < -0.39 is 0 Å². The van der Waals surface area contributed by atoms with Crippen molar-refractivity contribution >= 4 is 11.3 Å². The van der Waals surface area contributed by atoms with E-state index in [1.807, 2.05) is 0 Å². The fourth-order valence-corrected chi connectivity index (χ4v) is 3.79. The Bertz CT molecular complexity index is 652. The molecule has 0 radical (unpaired) electrons. The number of nitrogens with zero attached hydrogens (tertiary/aromatic N) is 3. The van der Waals surface area contributed by atoms with E-state index in [0.29, 0.717) is 5.92 Å². The summed E-state index contributed by atoms with van der Waals surface area (Å²) in [5.41, 5.74) is 2.10. The van der Waals surface area contributed by atoms with Crippen LogP contribution in [0, 0.1) is 18.7 Å². The Morgan fingerprint density at radius 3 is 2.83 bits per heavy atom. The molecule has 6 heteroatoms. The Morgan fingerprint density at radius 1 is 1.38 bits per heavy atom. The van der Waals surface area contributed by atoms with Crippen LogP contribution in [0.3, 0.4) is 0 Å². The van der Waals surface area contributed by atoms with Crippen molar-refractivity contribution in [3.05, 3.63) is 45.9 Å². The van der Waals surface area contributed by atoms with Crippen molar-refractivity contribution in [2.45, 2.75) is 39.3 Å². The zero-order valence-corrected chi connectivity index (χ0v) is 15.2. The number of nitrogens with one attached hydrogen (secondary N) is 1. The number of aryl methyl sites for hydroxylation is 1. The van der Waals surface area contributed by atoms with Gasteiger partial charge in [0.1, 0.15) is 5.82 Å². The van der Waals surface area contributed by atoms with Crippen molar-refractivity contribution in [1.29, 1.82) is 0 Å². The lowest BCUT2D eigenvalue weighted by Crippen LogP contribution is -2.37. The molecular formula is C18H25FN4S. The van der Waals surface area contributed by atoms with Gasteiger partial charge in [-0.2, -0.15) is 0 Å². The van der Waals surface area contributed by atoms with Gasteiger partial charge in [-0.15, -0.1) is 11.3 Å². The Kier molecular flexibility index (Phi) is 5.92. The summed E-state index contributed by atoms with van der Waals surface area (Å²) in [6, 6.07) is 1.69. The van der Waals surface area contributed by atoms with E-state index in [1.54, 1.807) is 23.6 Å². The zero-order valence-electron chi connectivity index (χ0n) is 14.3. The first kappa shape index (κ1) is 17.5. The van der Waals surface area contributed by atoms with Crippen LogP contribution in [-0.2, 0) is 6.54 Å². The van der Waals surface area contributed by atoms with Crippen LogP contribution in [0.25, 0.3) is 0 Å². The van der Waals surface area contributed by atoms with Gasteiger partial charge < -0.3 is 5.32 Å². The van der Waals surface area contributed by atoms with Gasteiger partial charge in [0.15, 0.2) is 0 Å². The number of hydrogen-bond acceptors (Lipinski definition) is 5. The minimum Gasteiger partial charge on any atom is -0.310 e. The molecule has 0 aliphatic carbocycles. The molecule has 1 aliphatic heterocycles. The number of aromatic nitrogens is 2. The lowest BCUT2D eigenvalue weighted by molar-refractivity contribution is 0.172. The van der Waals surface area contributed by atoms with E-state index in [4.69, 9.17) is 0 Å². The fraction of sp³-hybridized carbons (Fsp3) is 0.556. The first-order valence-electron chi connectivity index (χ1n) is 8.57. The molecule has 3 heterocycles. The van der Waals surface area contributed by atoms with Crippen LogP contribution in [0.5, 0.6) is 0 Å². The van der Waals surface area contributed by atoms with Crippen molar-refractivity contribution in [3.8, 4) is 0 Å². The monoisotopic (exact) mass is 348 g/mol. The summed E-state index contributed by atoms with van der Waals surface area (Å²) in [7, 11) is 0. The van der Waals surface area contributed by atoms with E-state index in [0.717, 1.165) is 36.8 Å². The minimum absolute atomic E-state index is 0.129. The van der Waals surface area contributed by atoms with Crippen LogP contribution < -0.4 is 5.32 Å². The second-order valence-electron chi connectivity index (χ2n) is 6.64. The van der Waals surface area contributed by atoms with Gasteiger partial charge >= 0.3 is 0 Å². The molecule has 1 saturated heterocycles. The van der Waals surface area contributed by atoms with Crippen molar-refractivity contribution in [1.82, 2.24) is 20.2 Å². The predicted octanol–water partition coefficient (Wildman–Crippen LogP) is 3.55. The van der Waals surface area contributed by atoms with Crippen LogP contribution in [0.1, 0.15) is 42.1 Å². The zero-order chi connectivity index (χ0) is 16.9. The summed E-state index contributed by atoms with van der Waals surface area (Å²) in [4.78, 5) is 11.0. The maximum Gasteiger partial charge on any atom is 0.141 e. The number of piperidine rings is 1. The molecule has 1 fully saturated rings. The molecule has 0 aromatic carbocycles. The Labute approximate surface area is 147 Å². The topological polar surface area (TPSA) is 41.1 Å². The van der Waals surface area contributed by atoms with Crippen LogP contribution >= 0.6 is 11.3 Å². The van der Waals surface area contributed by atoms with Crippen molar-refractivity contribution < 1.29 is 4.39 Å². The van der Waals surface area contributed by atoms with Crippen molar-refractivity contribution in [2.24, 2.45) is 5.92 Å². The van der Waals surface area contributed by atoms with Crippen LogP contribution in [-0.4, -0.2) is 34.5 Å². The number of hydrogen-bond donors (Lipinski definition) is 1. The van der Waals surface area contributed by atoms with Gasteiger partial charge in [-0.3, -0.25) is 9.88 Å². The fourth-order valence-electron chi connectivity index (χ4n) is 3.19. The molecule has 0 bridgehead atoms. The quantitative estimate of drug-likeness (QED) is 0.867. The maximum absolute atomic E-state index is 13.2. The smallest absolute Gasteiger partial charge is 0.141 e. The average Bonchev–Trinajstić information content (AvgIpc) is 2.99. The van der Waals surface area contributed by atoms with Crippen LogP contribution in [0.2, 0.25) is 0 Å². The first-order chi connectivity index (χ1) is 11.6. The van der Waals surface area contributed by atoms with Crippen molar-refractivity contribution in [2.75, 3.05) is 19.6 Å². The standard InChI is InChI=1S/C18H25FN4S/c1-13(16-7-17(19)10-20-9-16)21-8-15-3-5-23(6-4-15)11-18-12-24-14(2)22-18/h7,9-10,12-13,15,21H,3-6,8,11H2,1-2H3. The molecule has 0 saturated carbocycles. The molecule has 2 aromatic rings. The molecule has 1 aliphatic rings. The highest BCUT2D eigenvalue weighted by molar-refractivity contribution is 7.09. The number of rotatable bonds is 6. The van der Waals surface area contributed by atoms with Gasteiger partial charge in [0.05, 0.1) is 16.9 Å². The highest BCUT2D eigenvalue weighted by Gasteiger charge is 2.20. The Balaban J connectivity index is 1.40. The van der Waals surface area contributed by atoms with E-state index >= 15 is 0 Å². The predicted molar refractivity (Wildman–Crippen MR) is 95.5 cm³/mol. The molecular weight excluding hydrogens is 323 g/mol. The van der Waals surface area contributed by atoms with Gasteiger partial charge in [-0.05, 0) is 63.9 Å². The second-order valence-corrected chi connectivity index (χ2v) is 7.71. The third-order valence-corrected chi connectivity index (χ3v) is 5.52. The number of pyridine rings is 1. The largest absolute Gasteiger partial charge is 0.310 e. The summed E-state index contributed by atoms with van der Waals surface area (Å²) in [5.74, 6) is 0.411. The number of likely N-dealkylation sites (tertiary alicyclic amines) is 1. The normalized spacial score (nSPS) is 18.0. The summed E-state index contributed by atoms with van der Waals surface area (Å²) < 4.78 is 13.2. The van der Waals surface area contributed by atoms with Crippen LogP contribution in [0.15, 0.2) is 23.8 Å². The van der Waals surface area contributed by atoms with E-state index in [-0.39, 0.29) is 11.9 Å². The van der Waals surface area contributed by atoms with Crippen molar-refractivity contribution in [3.63, 3.8) is 0 Å². The van der Waals surface area contributed by atoms with Gasteiger partial charge in [0, 0.05) is 24.2 Å². The summed E-state index contributed by atoms with van der Waals surface area (Å²) in [6.45, 7) is 8.31. The molecule has 4 nitrogen and oxygen atoms in total. The summed E-state index contributed by atoms with van der Waals surface area (Å²) in [6.07, 6.45) is 5.38. The third kappa shape index (κ3) is 4.82. The van der Waals surface area contributed by atoms with E-state index in [2.05, 4.69) is 39.4 Å². The van der Waals surface area contributed by atoms with E-state index in [1.165, 1.54) is 24.7 Å². The van der Waals surface area contributed by atoms with Gasteiger partial charge in [0.25, 0.3) is 0 Å². The molecule has 130 valence electrons. The molecule has 2 aromatic heterocycles. The van der Waals surface area contributed by atoms with Gasteiger partial charge in [0.2, 0.25) is 0 Å². The molecule has 24 heavy (non-hydrogen) atoms. The molecule has 0 spiro atoms. The minimum atomic E-state index is -0.272. The second kappa shape index (κ2) is 8.14. The first-order valence-corrected chi connectivity index (χ1v) is 9.45. The molecule has 1 N–H and O–H groups in total. The van der Waals surface area contributed by atoms with Crippen LogP contribution in [0.4, 0.5) is 4.39 Å². The summed E-state index contributed by atoms with van der Waals surface area (Å²) >= 11 is 1.72. The number of thiazole rings is 1. The van der Waals surface area contributed by atoms with Gasteiger partial charge in [-0.25, -0.2) is 9.37 Å². The summed E-state index contributed by atoms with van der Waals surface area (Å²) in [5, 5.41) is 6.84. The Morgan fingerprint density at radius 2 is 2.17 bits per heavy atom. The van der Waals surface area contributed by atoms with E-state index in [9.17, 15) is 4.39 Å². The molecule has 1 unspecified atom stereocenters. The lowest BCUT2D eigenvalue weighted by atomic mass is 9.96. The molecule has 1 atom stereocenters. The highest BCUT2D eigenvalue weighted by atomic mass is 32.1. The average molecular weight is 348 g/mol. The SMILES string of the molecule is Cc1nc(CN2CCC(CNC(C)c3cncc(F)c3)CC2)cs1. The van der Waals surface area contributed by atoms with Gasteiger partial charge in [-0.1, -0.05) is 0 Å². The maximum atomic E-state index is 13.2. The number of halogens is 1. The molecule has 3 rings (SSSR count). The Hall–Kier alpha value is -1.37. The highest BCUT2D eigenvalue weighted by Crippen LogP contribution is 2.20. The third-order valence-electron chi connectivity index (χ3n) is 4.70. The lowest BCUT2D eigenvalue weighted by Gasteiger charge is -2.32. The molecule has 0 amide bonds.